The number of ether oxygens (including phenoxy) is 2. The first-order valence-electron chi connectivity index (χ1n) is 7.51. The summed E-state index contributed by atoms with van der Waals surface area (Å²) in [5, 5.41) is 12.5. The van der Waals surface area contributed by atoms with Crippen LogP contribution in [-0.2, 0) is 0 Å². The van der Waals surface area contributed by atoms with E-state index in [0.29, 0.717) is 17.3 Å². The molecule has 0 saturated carbocycles. The van der Waals surface area contributed by atoms with Crippen molar-refractivity contribution in [2.24, 2.45) is 0 Å². The van der Waals surface area contributed by atoms with Gasteiger partial charge in [-0.05, 0) is 18.2 Å². The van der Waals surface area contributed by atoms with E-state index in [1.54, 1.807) is 20.4 Å². The summed E-state index contributed by atoms with van der Waals surface area (Å²) in [6, 6.07) is 13.7. The maximum absolute atomic E-state index is 5.40. The van der Waals surface area contributed by atoms with E-state index in [-0.39, 0.29) is 0 Å². The fourth-order valence-electron chi connectivity index (χ4n) is 2.77. The van der Waals surface area contributed by atoms with Crippen molar-refractivity contribution >= 4 is 33.3 Å². The molecular weight excluding hydrogens is 304 g/mol. The summed E-state index contributed by atoms with van der Waals surface area (Å²) >= 11 is 0. The van der Waals surface area contributed by atoms with E-state index in [1.807, 2.05) is 42.5 Å². The lowest BCUT2D eigenvalue weighted by Crippen LogP contribution is -1.97. The first kappa shape index (κ1) is 14.3. The number of anilines is 2. The highest BCUT2D eigenvalue weighted by Crippen LogP contribution is 2.36. The second kappa shape index (κ2) is 5.73. The first-order valence-corrected chi connectivity index (χ1v) is 7.51. The van der Waals surface area contributed by atoms with Crippen molar-refractivity contribution in [2.75, 3.05) is 19.5 Å². The fourth-order valence-corrected chi connectivity index (χ4v) is 2.77. The van der Waals surface area contributed by atoms with E-state index in [4.69, 9.17) is 14.5 Å². The number of hydrogen-bond donors (Lipinski definition) is 2. The van der Waals surface area contributed by atoms with Gasteiger partial charge >= 0.3 is 0 Å². The third kappa shape index (κ3) is 2.28. The lowest BCUT2D eigenvalue weighted by Gasteiger charge is -2.12. The van der Waals surface area contributed by atoms with Crippen LogP contribution in [0.15, 0.2) is 48.7 Å². The molecule has 0 spiro atoms. The number of nitrogens with zero attached hydrogens (tertiary/aromatic N) is 2. The predicted octanol–water partition coefficient (Wildman–Crippen LogP) is 3.87. The van der Waals surface area contributed by atoms with Crippen LogP contribution < -0.4 is 14.8 Å². The number of aromatic nitrogens is 3. The molecule has 0 aliphatic carbocycles. The molecule has 0 unspecified atom stereocenters. The molecular formula is C18H16N4O2. The summed E-state index contributed by atoms with van der Waals surface area (Å²) in [6.07, 6.45) is 1.79. The molecule has 4 rings (SSSR count). The second-order valence-electron chi connectivity index (χ2n) is 5.33. The Labute approximate surface area is 138 Å². The van der Waals surface area contributed by atoms with Gasteiger partial charge in [0.2, 0.25) is 0 Å². The topological polar surface area (TPSA) is 72.1 Å². The number of H-pyrrole nitrogens is 1. The third-order valence-electron chi connectivity index (χ3n) is 3.94. The van der Waals surface area contributed by atoms with Gasteiger partial charge in [0.25, 0.3) is 0 Å². The minimum atomic E-state index is 0.644. The molecule has 2 heterocycles. The smallest absolute Gasteiger partial charge is 0.162 e. The number of hydrogen-bond acceptors (Lipinski definition) is 5. The van der Waals surface area contributed by atoms with Gasteiger partial charge in [-0.15, -0.1) is 0 Å². The number of nitrogens with one attached hydrogen (secondary N) is 2. The van der Waals surface area contributed by atoms with Crippen molar-refractivity contribution in [3.8, 4) is 11.5 Å². The van der Waals surface area contributed by atoms with Gasteiger partial charge in [0, 0.05) is 22.5 Å². The molecule has 0 amide bonds. The SMILES string of the molecule is COc1cc2nc(Nc3ccccc3)c3[nH]ncc3c2cc1OC. The molecule has 0 saturated heterocycles. The summed E-state index contributed by atoms with van der Waals surface area (Å²) < 4.78 is 10.8. The highest BCUT2D eigenvalue weighted by Gasteiger charge is 2.14. The zero-order chi connectivity index (χ0) is 16.5. The van der Waals surface area contributed by atoms with Crippen molar-refractivity contribution < 1.29 is 9.47 Å². The van der Waals surface area contributed by atoms with Crippen molar-refractivity contribution in [3.63, 3.8) is 0 Å². The average Bonchev–Trinajstić information content (AvgIpc) is 3.12. The standard InChI is InChI=1S/C18H16N4O2/c1-23-15-8-12-13-10-19-22-17(13)18(20-11-6-4-3-5-7-11)21-14(12)9-16(15)24-2/h3-10H,1-2H3,(H,19,22)(H,20,21). The van der Waals surface area contributed by atoms with Gasteiger partial charge in [-0.25, -0.2) is 4.98 Å². The Morgan fingerprint density at radius 2 is 1.71 bits per heavy atom. The normalized spacial score (nSPS) is 10.9. The van der Waals surface area contributed by atoms with Crippen LogP contribution in [0.25, 0.3) is 21.8 Å². The van der Waals surface area contributed by atoms with E-state index in [1.165, 1.54) is 0 Å². The molecule has 2 aromatic heterocycles. The zero-order valence-corrected chi connectivity index (χ0v) is 13.3. The number of para-hydroxylation sites is 1. The minimum absolute atomic E-state index is 0.644. The largest absolute Gasteiger partial charge is 0.493 e. The molecule has 2 N–H and O–H groups in total. The molecule has 0 fully saturated rings. The molecule has 24 heavy (non-hydrogen) atoms. The molecule has 0 aliphatic heterocycles. The van der Waals surface area contributed by atoms with Crippen LogP contribution in [-0.4, -0.2) is 29.4 Å². The predicted molar refractivity (Wildman–Crippen MR) is 94.2 cm³/mol. The van der Waals surface area contributed by atoms with E-state index in [9.17, 15) is 0 Å². The van der Waals surface area contributed by atoms with Crippen LogP contribution in [0.5, 0.6) is 11.5 Å². The van der Waals surface area contributed by atoms with Gasteiger partial charge in [-0.3, -0.25) is 5.10 Å². The van der Waals surface area contributed by atoms with Crippen molar-refractivity contribution in [3.05, 3.63) is 48.7 Å². The number of fused-ring (bicyclic) bond motifs is 3. The van der Waals surface area contributed by atoms with Gasteiger partial charge in [0.1, 0.15) is 5.52 Å². The average molecular weight is 320 g/mol. The quantitative estimate of drug-likeness (QED) is 0.597. The van der Waals surface area contributed by atoms with E-state index < -0.39 is 0 Å². The number of methoxy groups -OCH3 is 2. The summed E-state index contributed by atoms with van der Waals surface area (Å²) in [4.78, 5) is 4.74. The molecule has 120 valence electrons. The molecule has 0 aliphatic rings. The summed E-state index contributed by atoms with van der Waals surface area (Å²) in [7, 11) is 3.23. The fraction of sp³-hybridized carbons (Fsp3) is 0.111. The minimum Gasteiger partial charge on any atom is -0.493 e. The third-order valence-corrected chi connectivity index (χ3v) is 3.94. The highest BCUT2D eigenvalue weighted by atomic mass is 16.5. The van der Waals surface area contributed by atoms with Gasteiger partial charge < -0.3 is 14.8 Å². The highest BCUT2D eigenvalue weighted by molar-refractivity contribution is 6.09. The Morgan fingerprint density at radius 3 is 2.46 bits per heavy atom. The van der Waals surface area contributed by atoms with Crippen LogP contribution >= 0.6 is 0 Å². The van der Waals surface area contributed by atoms with Crippen molar-refractivity contribution in [1.29, 1.82) is 0 Å². The maximum Gasteiger partial charge on any atom is 0.162 e. The molecule has 0 atom stereocenters. The van der Waals surface area contributed by atoms with Gasteiger partial charge in [-0.1, -0.05) is 18.2 Å². The van der Waals surface area contributed by atoms with Crippen LogP contribution in [0.2, 0.25) is 0 Å². The lowest BCUT2D eigenvalue weighted by atomic mass is 10.1. The Balaban J connectivity index is 1.95. The number of rotatable bonds is 4. The van der Waals surface area contributed by atoms with Crippen LogP contribution in [0.4, 0.5) is 11.5 Å². The molecule has 2 aromatic carbocycles. The van der Waals surface area contributed by atoms with E-state index in [0.717, 1.165) is 27.5 Å². The number of aromatic amines is 1. The number of pyridine rings is 1. The Morgan fingerprint density at radius 1 is 0.958 bits per heavy atom. The van der Waals surface area contributed by atoms with Crippen molar-refractivity contribution in [2.45, 2.75) is 0 Å². The maximum atomic E-state index is 5.40. The molecule has 6 nitrogen and oxygen atoms in total. The lowest BCUT2D eigenvalue weighted by molar-refractivity contribution is 0.356. The monoisotopic (exact) mass is 320 g/mol. The Hall–Kier alpha value is -3.28. The van der Waals surface area contributed by atoms with Crippen LogP contribution in [0, 0.1) is 0 Å². The van der Waals surface area contributed by atoms with Gasteiger partial charge in [0.05, 0.1) is 25.9 Å². The van der Waals surface area contributed by atoms with Crippen LogP contribution in [0.1, 0.15) is 0 Å². The van der Waals surface area contributed by atoms with Crippen LogP contribution in [0.3, 0.4) is 0 Å². The molecule has 4 aromatic rings. The summed E-state index contributed by atoms with van der Waals surface area (Å²) in [5.74, 6) is 2.03. The second-order valence-corrected chi connectivity index (χ2v) is 5.33. The molecule has 6 heteroatoms. The summed E-state index contributed by atoms with van der Waals surface area (Å²) in [6.45, 7) is 0. The van der Waals surface area contributed by atoms with Gasteiger partial charge in [-0.2, -0.15) is 5.10 Å². The van der Waals surface area contributed by atoms with Gasteiger partial charge in [0.15, 0.2) is 17.3 Å². The first-order chi connectivity index (χ1) is 11.8. The van der Waals surface area contributed by atoms with Crippen molar-refractivity contribution in [1.82, 2.24) is 15.2 Å². The molecule has 0 radical (unpaired) electrons. The Kier molecular flexibility index (Phi) is 3.42. The zero-order valence-electron chi connectivity index (χ0n) is 13.3. The van der Waals surface area contributed by atoms with E-state index >= 15 is 0 Å². The Bertz CT molecular complexity index is 1010. The van der Waals surface area contributed by atoms with E-state index in [2.05, 4.69) is 15.5 Å². The molecule has 0 bridgehead atoms. The summed E-state index contributed by atoms with van der Waals surface area (Å²) in [5.41, 5.74) is 2.61. The number of benzene rings is 2.